The van der Waals surface area contributed by atoms with Crippen LogP contribution in [0.2, 0.25) is 0 Å². The van der Waals surface area contributed by atoms with Crippen molar-refractivity contribution in [2.45, 2.75) is 27.0 Å². The van der Waals surface area contributed by atoms with Crippen LogP contribution < -0.4 is 15.8 Å². The summed E-state index contributed by atoms with van der Waals surface area (Å²) in [5, 5.41) is 7.02. The molecule has 0 fully saturated rings. The number of hydrogen-bond donors (Lipinski definition) is 2. The normalized spacial score (nSPS) is 10.5. The summed E-state index contributed by atoms with van der Waals surface area (Å²) >= 11 is 0.927. The molecule has 0 atom stereocenters. The molecule has 1 aromatic carbocycles. The van der Waals surface area contributed by atoms with E-state index in [1.807, 2.05) is 37.3 Å². The average Bonchev–Trinajstić information content (AvgIpc) is 3.36. The molecule has 0 aliphatic rings. The SMILES string of the molecule is CCCOC(=O)c1c(NC(=O)c2ccn(COc3ccccc3)n2)sc(C(N)=O)c1C. The van der Waals surface area contributed by atoms with Crippen molar-refractivity contribution in [3.63, 3.8) is 0 Å². The van der Waals surface area contributed by atoms with Crippen LogP contribution in [0.3, 0.4) is 0 Å². The molecule has 162 valence electrons. The topological polar surface area (TPSA) is 126 Å². The lowest BCUT2D eigenvalue weighted by molar-refractivity contribution is 0.0506. The van der Waals surface area contributed by atoms with Crippen LogP contribution in [-0.2, 0) is 11.5 Å². The van der Waals surface area contributed by atoms with E-state index in [4.69, 9.17) is 15.2 Å². The van der Waals surface area contributed by atoms with Crippen LogP contribution in [0, 0.1) is 6.92 Å². The van der Waals surface area contributed by atoms with Gasteiger partial charge in [-0.3, -0.25) is 9.59 Å². The molecule has 2 aromatic heterocycles. The molecule has 0 aliphatic carbocycles. The summed E-state index contributed by atoms with van der Waals surface area (Å²) < 4.78 is 12.2. The molecule has 9 nitrogen and oxygen atoms in total. The Bertz CT molecular complexity index is 1090. The van der Waals surface area contributed by atoms with Crippen molar-refractivity contribution >= 4 is 34.1 Å². The van der Waals surface area contributed by atoms with Crippen molar-refractivity contribution in [1.29, 1.82) is 0 Å². The van der Waals surface area contributed by atoms with E-state index in [9.17, 15) is 14.4 Å². The van der Waals surface area contributed by atoms with Gasteiger partial charge in [0.25, 0.3) is 11.8 Å². The Morgan fingerprint density at radius 3 is 2.61 bits per heavy atom. The standard InChI is InChI=1S/C21H22N4O5S/c1-3-11-29-21(28)16-13(2)17(18(22)26)31-20(16)23-19(27)15-9-10-25(24-15)12-30-14-7-5-4-6-8-14/h4-10H,3,11-12H2,1-2H3,(H2,22,26)(H,23,27). The summed E-state index contributed by atoms with van der Waals surface area (Å²) in [4.78, 5) is 37.1. The van der Waals surface area contributed by atoms with Gasteiger partial charge in [0.1, 0.15) is 10.8 Å². The fourth-order valence-corrected chi connectivity index (χ4v) is 3.77. The van der Waals surface area contributed by atoms with Crippen LogP contribution in [0.4, 0.5) is 5.00 Å². The van der Waals surface area contributed by atoms with E-state index in [-0.39, 0.29) is 34.5 Å². The second-order valence-electron chi connectivity index (χ2n) is 6.54. The first-order chi connectivity index (χ1) is 14.9. The molecule has 0 unspecified atom stereocenters. The highest BCUT2D eigenvalue weighted by Crippen LogP contribution is 2.33. The predicted molar refractivity (Wildman–Crippen MR) is 115 cm³/mol. The lowest BCUT2D eigenvalue weighted by atomic mass is 10.1. The van der Waals surface area contributed by atoms with Crippen molar-refractivity contribution in [3.05, 3.63) is 64.3 Å². The van der Waals surface area contributed by atoms with E-state index < -0.39 is 17.8 Å². The Hall–Kier alpha value is -3.66. The van der Waals surface area contributed by atoms with Gasteiger partial charge in [0, 0.05) is 6.20 Å². The number of esters is 1. The Morgan fingerprint density at radius 1 is 1.19 bits per heavy atom. The van der Waals surface area contributed by atoms with Gasteiger partial charge in [-0.2, -0.15) is 5.10 Å². The van der Waals surface area contributed by atoms with Gasteiger partial charge in [-0.1, -0.05) is 25.1 Å². The quantitative estimate of drug-likeness (QED) is 0.490. The number of anilines is 1. The lowest BCUT2D eigenvalue weighted by Crippen LogP contribution is -2.16. The van der Waals surface area contributed by atoms with E-state index in [0.717, 1.165) is 11.3 Å². The molecular weight excluding hydrogens is 420 g/mol. The summed E-state index contributed by atoms with van der Waals surface area (Å²) in [5.74, 6) is -1.18. The van der Waals surface area contributed by atoms with Gasteiger partial charge < -0.3 is 20.5 Å². The third-order valence-electron chi connectivity index (χ3n) is 4.22. The number of carbonyl (C=O) groups is 3. The number of nitrogens with two attached hydrogens (primary N) is 1. The molecule has 31 heavy (non-hydrogen) atoms. The number of ether oxygens (including phenoxy) is 2. The van der Waals surface area contributed by atoms with Crippen LogP contribution in [0.5, 0.6) is 5.75 Å². The second-order valence-corrected chi connectivity index (χ2v) is 7.56. The van der Waals surface area contributed by atoms with Crippen molar-refractivity contribution in [1.82, 2.24) is 9.78 Å². The third kappa shape index (κ3) is 5.28. The molecule has 0 saturated carbocycles. The first kappa shape index (κ1) is 22.0. The monoisotopic (exact) mass is 442 g/mol. The van der Waals surface area contributed by atoms with Gasteiger partial charge in [0.2, 0.25) is 0 Å². The number of benzene rings is 1. The van der Waals surface area contributed by atoms with Crippen LogP contribution in [0.15, 0.2) is 42.6 Å². The molecule has 2 heterocycles. The number of hydrogen-bond acceptors (Lipinski definition) is 7. The van der Waals surface area contributed by atoms with Gasteiger partial charge in [0.05, 0.1) is 17.0 Å². The highest BCUT2D eigenvalue weighted by atomic mass is 32.1. The van der Waals surface area contributed by atoms with Crippen LogP contribution >= 0.6 is 11.3 Å². The van der Waals surface area contributed by atoms with Crippen molar-refractivity contribution in [3.8, 4) is 5.75 Å². The zero-order chi connectivity index (χ0) is 22.4. The fourth-order valence-electron chi connectivity index (χ4n) is 2.73. The van der Waals surface area contributed by atoms with Crippen LogP contribution in [-0.4, -0.2) is 34.2 Å². The fraction of sp³-hybridized carbons (Fsp3) is 0.238. The first-order valence-corrected chi connectivity index (χ1v) is 10.3. The van der Waals surface area contributed by atoms with Gasteiger partial charge in [0.15, 0.2) is 12.4 Å². The average molecular weight is 442 g/mol. The van der Waals surface area contributed by atoms with Crippen molar-refractivity contribution < 1.29 is 23.9 Å². The van der Waals surface area contributed by atoms with Gasteiger partial charge >= 0.3 is 5.97 Å². The molecule has 0 aliphatic heterocycles. The van der Waals surface area contributed by atoms with E-state index >= 15 is 0 Å². The van der Waals surface area contributed by atoms with E-state index in [2.05, 4.69) is 10.4 Å². The number of primary amides is 1. The van der Waals surface area contributed by atoms with E-state index in [1.165, 1.54) is 10.7 Å². The minimum atomic E-state index is -0.685. The number of carbonyl (C=O) groups excluding carboxylic acids is 3. The number of nitrogens with zero attached hydrogens (tertiary/aromatic N) is 2. The molecule has 0 bridgehead atoms. The van der Waals surface area contributed by atoms with Gasteiger partial charge in [-0.05, 0) is 37.1 Å². The number of nitrogens with one attached hydrogen (secondary N) is 1. The molecule has 0 spiro atoms. The minimum absolute atomic E-state index is 0.118. The molecule has 3 aromatic rings. The zero-order valence-corrected chi connectivity index (χ0v) is 17.9. The van der Waals surface area contributed by atoms with Crippen LogP contribution in [0.25, 0.3) is 0 Å². The Kier molecular flexibility index (Phi) is 7.03. The second kappa shape index (κ2) is 9.90. The van der Waals surface area contributed by atoms with E-state index in [1.54, 1.807) is 13.1 Å². The summed E-state index contributed by atoms with van der Waals surface area (Å²) in [5.41, 5.74) is 6.01. The summed E-state index contributed by atoms with van der Waals surface area (Å²) in [7, 11) is 0. The summed E-state index contributed by atoms with van der Waals surface area (Å²) in [6, 6.07) is 10.7. The number of thiophene rings is 1. The Balaban J connectivity index is 1.75. The maximum atomic E-state index is 12.7. The maximum absolute atomic E-state index is 12.7. The molecule has 10 heteroatoms. The number of para-hydroxylation sites is 1. The number of amides is 2. The third-order valence-corrected chi connectivity index (χ3v) is 5.44. The largest absolute Gasteiger partial charge is 0.471 e. The molecule has 0 saturated heterocycles. The zero-order valence-electron chi connectivity index (χ0n) is 17.1. The van der Waals surface area contributed by atoms with Gasteiger partial charge in [-0.25, -0.2) is 9.48 Å². The molecule has 3 rings (SSSR count). The first-order valence-electron chi connectivity index (χ1n) is 9.53. The predicted octanol–water partition coefficient (Wildman–Crippen LogP) is 3.21. The Labute approximate surface area is 182 Å². The highest BCUT2D eigenvalue weighted by molar-refractivity contribution is 7.18. The smallest absolute Gasteiger partial charge is 0.341 e. The van der Waals surface area contributed by atoms with E-state index in [0.29, 0.717) is 17.7 Å². The minimum Gasteiger partial charge on any atom is -0.471 e. The molecule has 0 radical (unpaired) electrons. The van der Waals surface area contributed by atoms with Gasteiger partial charge in [-0.15, -0.1) is 11.3 Å². The lowest BCUT2D eigenvalue weighted by Gasteiger charge is -2.07. The maximum Gasteiger partial charge on any atom is 0.341 e. The van der Waals surface area contributed by atoms with Crippen molar-refractivity contribution in [2.24, 2.45) is 5.73 Å². The highest BCUT2D eigenvalue weighted by Gasteiger charge is 2.26. The molecular formula is C21H22N4O5S. The summed E-state index contributed by atoms with van der Waals surface area (Å²) in [6.07, 6.45) is 2.24. The molecule has 2 amide bonds. The number of rotatable bonds is 9. The van der Waals surface area contributed by atoms with Crippen LogP contribution in [0.1, 0.15) is 49.4 Å². The summed E-state index contributed by atoms with van der Waals surface area (Å²) in [6.45, 7) is 3.79. The Morgan fingerprint density at radius 2 is 1.94 bits per heavy atom. The van der Waals surface area contributed by atoms with Crippen molar-refractivity contribution in [2.75, 3.05) is 11.9 Å². The molecule has 3 N–H and O–H groups in total. The number of aromatic nitrogens is 2.